The van der Waals surface area contributed by atoms with Gasteiger partial charge in [-0.3, -0.25) is 18.6 Å². The average Bonchev–Trinajstić information content (AvgIpc) is 3.17. The molecule has 0 aliphatic carbocycles. The summed E-state index contributed by atoms with van der Waals surface area (Å²) in [5, 5.41) is 0. The van der Waals surface area contributed by atoms with Crippen molar-refractivity contribution in [2.75, 3.05) is 26.4 Å². The zero-order valence-electron chi connectivity index (χ0n) is 35.4. The Morgan fingerprint density at radius 1 is 0.545 bits per heavy atom. The van der Waals surface area contributed by atoms with Crippen LogP contribution in [-0.2, 0) is 32.7 Å². The van der Waals surface area contributed by atoms with E-state index in [9.17, 15) is 19.0 Å². The van der Waals surface area contributed by atoms with E-state index in [0.717, 1.165) is 25.7 Å². The molecule has 0 aliphatic rings. The standard InChI is InChI=1S/C45H84NO8P/c1-3-5-7-9-11-13-15-17-19-20-21-22-24-25-27-29-31-33-35-37-44(47)51-41-43(42-53-55(49,50)52-40-39-46)54-45(48)38-36-34-32-30-28-26-23-18-16-14-12-10-8-6-4-2/h26,28,31-34,43H,3-25,27,29-30,35-42,46H2,1-2H3,(H,49,50)/b28-26-,33-31-,34-32-. The van der Waals surface area contributed by atoms with Gasteiger partial charge in [0.25, 0.3) is 0 Å². The Hall–Kier alpha value is -1.77. The molecule has 10 heteroatoms. The van der Waals surface area contributed by atoms with Crippen molar-refractivity contribution in [3.05, 3.63) is 36.5 Å². The normalized spacial score (nSPS) is 13.6. The Morgan fingerprint density at radius 3 is 1.42 bits per heavy atom. The topological polar surface area (TPSA) is 134 Å². The molecule has 0 aliphatic heterocycles. The zero-order chi connectivity index (χ0) is 40.3. The van der Waals surface area contributed by atoms with Crippen LogP contribution in [0.15, 0.2) is 36.5 Å². The Kier molecular flexibility index (Phi) is 40.5. The van der Waals surface area contributed by atoms with E-state index < -0.39 is 32.5 Å². The van der Waals surface area contributed by atoms with Crippen molar-refractivity contribution in [1.82, 2.24) is 0 Å². The molecule has 55 heavy (non-hydrogen) atoms. The number of unbranched alkanes of at least 4 members (excludes halogenated alkanes) is 23. The van der Waals surface area contributed by atoms with Crippen molar-refractivity contribution in [3.63, 3.8) is 0 Å². The number of hydrogen-bond donors (Lipinski definition) is 2. The van der Waals surface area contributed by atoms with Crippen molar-refractivity contribution in [2.24, 2.45) is 5.73 Å². The first-order chi connectivity index (χ1) is 26.8. The Labute approximate surface area is 337 Å². The van der Waals surface area contributed by atoms with Gasteiger partial charge in [0.15, 0.2) is 6.10 Å². The lowest BCUT2D eigenvalue weighted by atomic mass is 10.0. The molecular weight excluding hydrogens is 713 g/mol. The minimum absolute atomic E-state index is 0.0421. The third-order valence-electron chi connectivity index (χ3n) is 9.53. The SMILES string of the molecule is CCCCCCCCCC/C=C\C/C=C\CCC(=O)OC(COC(=O)CC/C=C\CCCCCCCCCCCCCCCCC)COP(=O)(O)OCCN. The third kappa shape index (κ3) is 41.7. The second-order valence-electron chi connectivity index (χ2n) is 14.9. The molecule has 0 saturated carbocycles. The van der Waals surface area contributed by atoms with Crippen molar-refractivity contribution in [3.8, 4) is 0 Å². The second kappa shape index (κ2) is 41.9. The van der Waals surface area contributed by atoms with Gasteiger partial charge < -0.3 is 20.1 Å². The highest BCUT2D eigenvalue weighted by molar-refractivity contribution is 7.47. The van der Waals surface area contributed by atoms with E-state index in [0.29, 0.717) is 12.8 Å². The molecule has 0 aromatic rings. The number of hydrogen-bond acceptors (Lipinski definition) is 8. The summed E-state index contributed by atoms with van der Waals surface area (Å²) in [5.41, 5.74) is 5.34. The van der Waals surface area contributed by atoms with Gasteiger partial charge in [-0.25, -0.2) is 4.57 Å². The van der Waals surface area contributed by atoms with Gasteiger partial charge in [0.1, 0.15) is 6.61 Å². The van der Waals surface area contributed by atoms with Crippen molar-refractivity contribution in [2.45, 2.75) is 213 Å². The minimum atomic E-state index is -4.40. The molecule has 3 N–H and O–H groups in total. The first-order valence-corrected chi connectivity index (χ1v) is 24.0. The summed E-state index contributed by atoms with van der Waals surface area (Å²) in [6.07, 6.45) is 46.4. The van der Waals surface area contributed by atoms with Crippen molar-refractivity contribution < 1.29 is 37.6 Å². The predicted octanol–water partition coefficient (Wildman–Crippen LogP) is 12.9. The van der Waals surface area contributed by atoms with E-state index >= 15 is 0 Å². The second-order valence-corrected chi connectivity index (χ2v) is 16.4. The molecule has 0 fully saturated rings. The van der Waals surface area contributed by atoms with Gasteiger partial charge in [-0.1, -0.05) is 185 Å². The van der Waals surface area contributed by atoms with Gasteiger partial charge in [0.2, 0.25) is 0 Å². The van der Waals surface area contributed by atoms with Crippen LogP contribution < -0.4 is 5.73 Å². The van der Waals surface area contributed by atoms with Crippen LogP contribution in [-0.4, -0.2) is 49.3 Å². The molecule has 322 valence electrons. The summed E-state index contributed by atoms with van der Waals surface area (Å²) in [6.45, 7) is 3.64. The van der Waals surface area contributed by atoms with E-state index in [1.165, 1.54) is 141 Å². The number of phosphoric acid groups is 1. The number of esters is 2. The lowest BCUT2D eigenvalue weighted by molar-refractivity contribution is -0.161. The molecule has 2 unspecified atom stereocenters. The minimum Gasteiger partial charge on any atom is -0.462 e. The van der Waals surface area contributed by atoms with Crippen molar-refractivity contribution in [1.29, 1.82) is 0 Å². The zero-order valence-corrected chi connectivity index (χ0v) is 36.3. The van der Waals surface area contributed by atoms with Crippen LogP contribution in [0.3, 0.4) is 0 Å². The van der Waals surface area contributed by atoms with E-state index in [-0.39, 0.29) is 32.6 Å². The first kappa shape index (κ1) is 53.2. The van der Waals surface area contributed by atoms with Crippen LogP contribution in [0.25, 0.3) is 0 Å². The van der Waals surface area contributed by atoms with Gasteiger partial charge in [-0.05, 0) is 44.9 Å². The fourth-order valence-electron chi connectivity index (χ4n) is 6.18. The smallest absolute Gasteiger partial charge is 0.462 e. The lowest BCUT2D eigenvalue weighted by Crippen LogP contribution is -2.29. The molecule has 0 radical (unpaired) electrons. The number of rotatable bonds is 42. The molecule has 0 saturated heterocycles. The van der Waals surface area contributed by atoms with Gasteiger partial charge in [0, 0.05) is 19.4 Å². The summed E-state index contributed by atoms with van der Waals surface area (Å²) < 4.78 is 32.7. The maximum atomic E-state index is 12.5. The molecule has 0 heterocycles. The number of phosphoric ester groups is 1. The molecule has 0 bridgehead atoms. The molecule has 0 amide bonds. The predicted molar refractivity (Wildman–Crippen MR) is 229 cm³/mol. The van der Waals surface area contributed by atoms with Gasteiger partial charge in [-0.2, -0.15) is 0 Å². The van der Waals surface area contributed by atoms with Gasteiger partial charge >= 0.3 is 19.8 Å². The van der Waals surface area contributed by atoms with Crippen LogP contribution in [0.2, 0.25) is 0 Å². The fraction of sp³-hybridized carbons (Fsp3) is 0.822. The maximum Gasteiger partial charge on any atom is 0.472 e. The van der Waals surface area contributed by atoms with Gasteiger partial charge in [0.05, 0.1) is 13.2 Å². The first-order valence-electron chi connectivity index (χ1n) is 22.5. The summed E-state index contributed by atoms with van der Waals surface area (Å²) in [6, 6.07) is 0. The van der Waals surface area contributed by atoms with E-state index in [1.54, 1.807) is 0 Å². The third-order valence-corrected chi connectivity index (χ3v) is 10.5. The van der Waals surface area contributed by atoms with Crippen molar-refractivity contribution >= 4 is 19.8 Å². The van der Waals surface area contributed by atoms with Crippen LogP contribution >= 0.6 is 7.82 Å². The lowest BCUT2D eigenvalue weighted by Gasteiger charge is -2.19. The average molecular weight is 798 g/mol. The van der Waals surface area contributed by atoms with Crippen LogP contribution in [0.1, 0.15) is 206 Å². The van der Waals surface area contributed by atoms with E-state index in [1.807, 2.05) is 18.2 Å². The number of allylic oxidation sites excluding steroid dienone is 6. The summed E-state index contributed by atoms with van der Waals surface area (Å²) in [5.74, 6) is -0.959. The number of ether oxygens (including phenoxy) is 2. The largest absolute Gasteiger partial charge is 0.472 e. The molecule has 0 spiro atoms. The molecule has 9 nitrogen and oxygen atoms in total. The molecule has 2 atom stereocenters. The fourth-order valence-corrected chi connectivity index (χ4v) is 6.94. The molecule has 0 rings (SSSR count). The summed E-state index contributed by atoms with van der Waals surface area (Å²) in [4.78, 5) is 34.8. The Morgan fingerprint density at radius 2 is 0.945 bits per heavy atom. The van der Waals surface area contributed by atoms with Crippen LogP contribution in [0.5, 0.6) is 0 Å². The summed E-state index contributed by atoms with van der Waals surface area (Å²) in [7, 11) is -4.40. The maximum absolute atomic E-state index is 12.5. The number of nitrogens with two attached hydrogens (primary N) is 1. The molecule has 0 aromatic carbocycles. The monoisotopic (exact) mass is 798 g/mol. The number of carbonyl (C=O) groups is 2. The number of carbonyl (C=O) groups excluding carboxylic acids is 2. The van der Waals surface area contributed by atoms with E-state index in [2.05, 4.69) is 32.1 Å². The van der Waals surface area contributed by atoms with Gasteiger partial charge in [-0.15, -0.1) is 0 Å². The Balaban J connectivity index is 4.20. The van der Waals surface area contributed by atoms with E-state index in [4.69, 9.17) is 24.3 Å². The molecular formula is C45H84NO8P. The molecule has 0 aromatic heterocycles. The quantitative estimate of drug-likeness (QED) is 0.0268. The summed E-state index contributed by atoms with van der Waals surface area (Å²) >= 11 is 0. The highest BCUT2D eigenvalue weighted by Gasteiger charge is 2.25. The van der Waals surface area contributed by atoms with Crippen LogP contribution in [0, 0.1) is 0 Å². The van der Waals surface area contributed by atoms with Crippen LogP contribution in [0.4, 0.5) is 0 Å². The highest BCUT2D eigenvalue weighted by Crippen LogP contribution is 2.43. The highest BCUT2D eigenvalue weighted by atomic mass is 31.2. The Bertz CT molecular complexity index is 1000.